The van der Waals surface area contributed by atoms with Gasteiger partial charge < -0.3 is 10.1 Å². The first-order valence-corrected chi connectivity index (χ1v) is 8.96. The lowest BCUT2D eigenvalue weighted by atomic mass is 10.2. The molecule has 2 aromatic carbocycles. The average molecular weight is 388 g/mol. The molecule has 0 aliphatic carbocycles. The zero-order valence-corrected chi connectivity index (χ0v) is 16.0. The smallest absolute Gasteiger partial charge is 0.249 e. The Morgan fingerprint density at radius 3 is 2.74 bits per heavy atom. The minimum absolute atomic E-state index is 0.345. The number of halogens is 1. The van der Waals surface area contributed by atoms with E-state index in [-0.39, 0.29) is 6.42 Å². The second-order valence-electron chi connectivity index (χ2n) is 5.90. The van der Waals surface area contributed by atoms with Crippen LogP contribution in [0.2, 0.25) is 5.02 Å². The number of hydrazone groups is 1. The maximum absolute atomic E-state index is 11.9. The molecule has 2 amide bonds. The molecular weight excluding hydrogens is 366 g/mol. The van der Waals surface area contributed by atoms with Gasteiger partial charge in [-0.2, -0.15) is 5.10 Å². The van der Waals surface area contributed by atoms with Crippen molar-refractivity contribution in [2.45, 2.75) is 26.7 Å². The molecule has 142 valence electrons. The number of ether oxygens (including phenoxy) is 1. The van der Waals surface area contributed by atoms with Crippen molar-refractivity contribution in [1.82, 2.24) is 5.43 Å². The fourth-order valence-corrected chi connectivity index (χ4v) is 2.33. The van der Waals surface area contributed by atoms with Gasteiger partial charge >= 0.3 is 0 Å². The Morgan fingerprint density at radius 2 is 2.00 bits per heavy atom. The molecular formula is C20H22ClN3O3. The summed E-state index contributed by atoms with van der Waals surface area (Å²) in [6, 6.07) is 12.5. The number of aryl methyl sites for hydroxylation is 1. The van der Waals surface area contributed by atoms with Crippen molar-refractivity contribution in [2.75, 3.05) is 11.9 Å². The lowest BCUT2D eigenvalue weighted by Gasteiger charge is -2.06. The third-order valence-electron chi connectivity index (χ3n) is 3.51. The number of anilines is 1. The summed E-state index contributed by atoms with van der Waals surface area (Å²) in [4.78, 5) is 23.7. The molecule has 27 heavy (non-hydrogen) atoms. The average Bonchev–Trinajstić information content (AvgIpc) is 2.63. The van der Waals surface area contributed by atoms with Gasteiger partial charge in [0, 0.05) is 10.7 Å². The highest BCUT2D eigenvalue weighted by atomic mass is 35.5. The van der Waals surface area contributed by atoms with E-state index in [0.29, 0.717) is 17.3 Å². The first-order valence-electron chi connectivity index (χ1n) is 8.58. The predicted octanol–water partition coefficient (Wildman–Crippen LogP) is 3.92. The van der Waals surface area contributed by atoms with Crippen LogP contribution in [0.15, 0.2) is 47.6 Å². The van der Waals surface area contributed by atoms with E-state index >= 15 is 0 Å². The van der Waals surface area contributed by atoms with Crippen LogP contribution in [0, 0.1) is 6.92 Å². The van der Waals surface area contributed by atoms with Crippen LogP contribution in [0.3, 0.4) is 0 Å². The summed E-state index contributed by atoms with van der Waals surface area (Å²) in [7, 11) is 0. The van der Waals surface area contributed by atoms with Crippen LogP contribution < -0.4 is 15.5 Å². The molecule has 0 heterocycles. The van der Waals surface area contributed by atoms with Gasteiger partial charge in [-0.15, -0.1) is 0 Å². The summed E-state index contributed by atoms with van der Waals surface area (Å²) in [6.45, 7) is 4.54. The number of hydrogen-bond acceptors (Lipinski definition) is 4. The van der Waals surface area contributed by atoms with Crippen LogP contribution in [-0.2, 0) is 9.59 Å². The largest absolute Gasteiger partial charge is 0.494 e. The first-order chi connectivity index (χ1) is 13.0. The van der Waals surface area contributed by atoms with Crippen LogP contribution in [0.25, 0.3) is 0 Å². The lowest BCUT2D eigenvalue weighted by molar-refractivity contribution is -0.126. The van der Waals surface area contributed by atoms with Crippen molar-refractivity contribution in [3.8, 4) is 5.75 Å². The fraction of sp³-hybridized carbons (Fsp3) is 0.250. The van der Waals surface area contributed by atoms with Crippen molar-refractivity contribution in [3.05, 3.63) is 58.6 Å². The van der Waals surface area contributed by atoms with E-state index in [2.05, 4.69) is 15.8 Å². The van der Waals surface area contributed by atoms with E-state index in [0.717, 1.165) is 23.3 Å². The van der Waals surface area contributed by atoms with Crippen molar-refractivity contribution < 1.29 is 14.3 Å². The van der Waals surface area contributed by atoms with Crippen molar-refractivity contribution in [2.24, 2.45) is 5.10 Å². The van der Waals surface area contributed by atoms with Gasteiger partial charge in [-0.25, -0.2) is 5.43 Å². The third kappa shape index (κ3) is 7.11. The molecule has 0 unspecified atom stereocenters. The molecule has 0 spiro atoms. The third-order valence-corrected chi connectivity index (χ3v) is 3.92. The highest BCUT2D eigenvalue weighted by molar-refractivity contribution is 6.31. The Balaban J connectivity index is 1.82. The first kappa shape index (κ1) is 20.5. The van der Waals surface area contributed by atoms with Gasteiger partial charge in [0.05, 0.1) is 12.8 Å². The molecule has 0 saturated carbocycles. The topological polar surface area (TPSA) is 79.8 Å². The van der Waals surface area contributed by atoms with Crippen LogP contribution in [-0.4, -0.2) is 24.6 Å². The van der Waals surface area contributed by atoms with Gasteiger partial charge in [0.1, 0.15) is 12.2 Å². The Labute approximate surface area is 163 Å². The van der Waals surface area contributed by atoms with E-state index in [4.69, 9.17) is 16.3 Å². The Morgan fingerprint density at radius 1 is 1.19 bits per heavy atom. The van der Waals surface area contributed by atoms with Gasteiger partial charge in [0.2, 0.25) is 11.8 Å². The number of benzene rings is 2. The number of amides is 2. The maximum atomic E-state index is 11.9. The minimum atomic E-state index is -0.514. The number of hydrogen-bond donors (Lipinski definition) is 2. The van der Waals surface area contributed by atoms with Crippen LogP contribution in [0.1, 0.15) is 30.9 Å². The van der Waals surface area contributed by atoms with E-state index in [9.17, 15) is 9.59 Å². The van der Waals surface area contributed by atoms with Crippen LogP contribution in [0.4, 0.5) is 5.69 Å². The number of nitrogens with zero attached hydrogens (tertiary/aromatic N) is 1. The van der Waals surface area contributed by atoms with Gasteiger partial charge in [-0.3, -0.25) is 9.59 Å². The Bertz CT molecular complexity index is 837. The molecule has 0 atom stereocenters. The molecule has 0 radical (unpaired) electrons. The van der Waals surface area contributed by atoms with E-state index < -0.39 is 11.8 Å². The minimum Gasteiger partial charge on any atom is -0.494 e. The molecule has 0 aliphatic heterocycles. The molecule has 7 heteroatoms. The molecule has 2 aromatic rings. The zero-order chi connectivity index (χ0) is 19.6. The quantitative estimate of drug-likeness (QED) is 0.409. The summed E-state index contributed by atoms with van der Waals surface area (Å²) >= 11 is 6.01. The molecule has 0 saturated heterocycles. The Hall–Kier alpha value is -2.86. The van der Waals surface area contributed by atoms with Crippen LogP contribution in [0.5, 0.6) is 5.75 Å². The number of rotatable bonds is 8. The monoisotopic (exact) mass is 387 g/mol. The number of carbonyl (C=O) groups is 2. The fourth-order valence-electron chi connectivity index (χ4n) is 2.14. The molecule has 2 rings (SSSR count). The molecule has 6 nitrogen and oxygen atoms in total. The molecule has 0 aromatic heterocycles. The molecule has 2 N–H and O–H groups in total. The summed E-state index contributed by atoms with van der Waals surface area (Å²) < 4.78 is 5.54. The number of nitrogens with one attached hydrogen (secondary N) is 2. The Kier molecular flexibility index (Phi) is 7.82. The second kappa shape index (κ2) is 10.3. The SMILES string of the molecule is CCCOc1cccc(C=NNC(=O)CC(=O)Nc2ccc(C)c(Cl)c2)c1. The van der Waals surface area contributed by atoms with E-state index in [1.807, 2.05) is 38.1 Å². The predicted molar refractivity (Wildman–Crippen MR) is 107 cm³/mol. The van der Waals surface area contributed by atoms with Gasteiger partial charge in [-0.1, -0.05) is 36.7 Å². The zero-order valence-electron chi connectivity index (χ0n) is 15.3. The summed E-state index contributed by atoms with van der Waals surface area (Å²) in [5.74, 6) is -0.221. The standard InChI is InChI=1S/C20H22ClN3O3/c1-3-9-27-17-6-4-5-15(10-17)13-22-24-20(26)12-19(25)23-16-8-7-14(2)18(21)11-16/h4-8,10-11,13H,3,9,12H2,1-2H3,(H,23,25)(H,24,26). The highest BCUT2D eigenvalue weighted by Crippen LogP contribution is 2.20. The van der Waals surface area contributed by atoms with Crippen molar-refractivity contribution >= 4 is 35.3 Å². The van der Waals surface area contributed by atoms with Gasteiger partial charge in [0.25, 0.3) is 0 Å². The second-order valence-corrected chi connectivity index (χ2v) is 6.31. The molecule has 0 aliphatic rings. The lowest BCUT2D eigenvalue weighted by Crippen LogP contribution is -2.24. The van der Waals surface area contributed by atoms with E-state index in [1.165, 1.54) is 6.21 Å². The summed E-state index contributed by atoms with van der Waals surface area (Å²) in [5.41, 5.74) is 4.56. The number of carbonyl (C=O) groups excluding carboxylic acids is 2. The highest BCUT2D eigenvalue weighted by Gasteiger charge is 2.09. The molecule has 0 fully saturated rings. The van der Waals surface area contributed by atoms with Crippen molar-refractivity contribution in [3.63, 3.8) is 0 Å². The van der Waals surface area contributed by atoms with E-state index in [1.54, 1.807) is 18.2 Å². The maximum Gasteiger partial charge on any atom is 0.249 e. The van der Waals surface area contributed by atoms with Crippen molar-refractivity contribution in [1.29, 1.82) is 0 Å². The molecule has 0 bridgehead atoms. The van der Waals surface area contributed by atoms with Gasteiger partial charge in [0.15, 0.2) is 0 Å². The van der Waals surface area contributed by atoms with Crippen LogP contribution >= 0.6 is 11.6 Å². The summed E-state index contributed by atoms with van der Waals surface area (Å²) in [6.07, 6.45) is 2.07. The summed E-state index contributed by atoms with van der Waals surface area (Å²) in [5, 5.41) is 7.04. The van der Waals surface area contributed by atoms with Gasteiger partial charge in [-0.05, 0) is 48.7 Å². The normalized spacial score (nSPS) is 10.6.